The molecule has 1 N–H and O–H groups in total. The number of esters is 1. The van der Waals surface area contributed by atoms with Gasteiger partial charge in [-0.2, -0.15) is 0 Å². The van der Waals surface area contributed by atoms with E-state index in [4.69, 9.17) is 14.2 Å². The lowest BCUT2D eigenvalue weighted by Gasteiger charge is -2.17. The summed E-state index contributed by atoms with van der Waals surface area (Å²) in [6, 6.07) is 13.7. The van der Waals surface area contributed by atoms with Gasteiger partial charge in [-0.05, 0) is 80.0 Å². The molecular formula is C28H31NO5S. The highest BCUT2D eigenvalue weighted by atomic mass is 32.1. The fourth-order valence-corrected chi connectivity index (χ4v) is 5.23. The van der Waals surface area contributed by atoms with Crippen LogP contribution in [0.3, 0.4) is 0 Å². The van der Waals surface area contributed by atoms with Crippen LogP contribution in [0.1, 0.15) is 54.1 Å². The number of fused-ring (bicyclic) bond motifs is 1. The van der Waals surface area contributed by atoms with Crippen LogP contribution in [0.4, 0.5) is 5.00 Å². The van der Waals surface area contributed by atoms with Crippen LogP contribution in [-0.4, -0.2) is 32.2 Å². The number of nitrogens with one attached hydrogen (secondary N) is 1. The maximum atomic E-state index is 12.9. The van der Waals surface area contributed by atoms with Crippen LogP contribution in [0.15, 0.2) is 47.8 Å². The molecule has 3 aromatic rings. The summed E-state index contributed by atoms with van der Waals surface area (Å²) in [7, 11) is 1.62. The molecule has 0 spiro atoms. The first kappa shape index (κ1) is 24.8. The number of anilines is 1. The Morgan fingerprint density at radius 2 is 1.74 bits per heavy atom. The van der Waals surface area contributed by atoms with Crippen LogP contribution < -0.4 is 14.8 Å². The minimum Gasteiger partial charge on any atom is -0.497 e. The van der Waals surface area contributed by atoms with E-state index in [1.54, 1.807) is 14.0 Å². The molecule has 0 unspecified atom stereocenters. The van der Waals surface area contributed by atoms with E-state index >= 15 is 0 Å². The van der Waals surface area contributed by atoms with Gasteiger partial charge >= 0.3 is 5.97 Å². The summed E-state index contributed by atoms with van der Waals surface area (Å²) in [4.78, 5) is 25.5. The average molecular weight is 494 g/mol. The predicted octanol–water partition coefficient (Wildman–Crippen LogP) is 6.28. The highest BCUT2D eigenvalue weighted by molar-refractivity contribution is 7.15. The second-order valence-corrected chi connectivity index (χ2v) is 9.32. The number of ether oxygens (including phenoxy) is 3. The maximum Gasteiger partial charge on any atom is 0.341 e. The first-order valence-corrected chi connectivity index (χ1v) is 12.9. The lowest BCUT2D eigenvalue weighted by molar-refractivity contribution is -0.116. The quantitative estimate of drug-likeness (QED) is 0.266. The molecule has 0 bridgehead atoms. The lowest BCUT2D eigenvalue weighted by atomic mass is 9.89. The van der Waals surface area contributed by atoms with Gasteiger partial charge in [0.25, 0.3) is 0 Å². The number of hydrogen-bond acceptors (Lipinski definition) is 6. The predicted molar refractivity (Wildman–Crippen MR) is 139 cm³/mol. The van der Waals surface area contributed by atoms with Gasteiger partial charge in [-0.3, -0.25) is 4.79 Å². The van der Waals surface area contributed by atoms with Gasteiger partial charge in [-0.15, -0.1) is 11.3 Å². The van der Waals surface area contributed by atoms with Gasteiger partial charge in [0, 0.05) is 17.4 Å². The molecule has 6 nitrogen and oxygen atoms in total. The molecule has 35 heavy (non-hydrogen) atoms. The summed E-state index contributed by atoms with van der Waals surface area (Å²) in [5.74, 6) is 0.913. The third-order valence-corrected chi connectivity index (χ3v) is 6.95. The Hall–Kier alpha value is -3.32. The second kappa shape index (κ2) is 11.9. The fraction of sp³-hybridized carbons (Fsp3) is 0.357. The molecule has 0 saturated carbocycles. The summed E-state index contributed by atoms with van der Waals surface area (Å²) >= 11 is 1.35. The molecular weight excluding hydrogens is 462 g/mol. The molecule has 0 aliphatic heterocycles. The van der Waals surface area contributed by atoms with E-state index in [0.717, 1.165) is 35.5 Å². The first-order chi connectivity index (χ1) is 17.1. The number of thiophene rings is 1. The number of aryl methyl sites for hydroxylation is 2. The van der Waals surface area contributed by atoms with Crippen molar-refractivity contribution in [3.63, 3.8) is 0 Å². The highest BCUT2D eigenvalue weighted by Crippen LogP contribution is 2.38. The van der Waals surface area contributed by atoms with Crippen molar-refractivity contribution in [1.29, 1.82) is 0 Å². The van der Waals surface area contributed by atoms with Crippen LogP contribution in [0.5, 0.6) is 11.5 Å². The van der Waals surface area contributed by atoms with E-state index in [1.807, 2.05) is 29.6 Å². The van der Waals surface area contributed by atoms with Gasteiger partial charge in [-0.25, -0.2) is 4.79 Å². The normalized spacial score (nSPS) is 12.5. The van der Waals surface area contributed by atoms with Crippen LogP contribution >= 0.6 is 11.3 Å². The zero-order chi connectivity index (χ0) is 24.6. The van der Waals surface area contributed by atoms with Gasteiger partial charge in [0.05, 0.1) is 20.3 Å². The average Bonchev–Trinajstić information content (AvgIpc) is 3.30. The Morgan fingerprint density at radius 3 is 2.49 bits per heavy atom. The molecule has 1 aliphatic carbocycles. The Kier molecular flexibility index (Phi) is 8.42. The number of benzene rings is 2. The zero-order valence-corrected chi connectivity index (χ0v) is 21.0. The molecule has 0 saturated heterocycles. The molecule has 0 fully saturated rings. The fourth-order valence-electron chi connectivity index (χ4n) is 4.25. The number of methoxy groups -OCH3 is 1. The molecule has 1 aliphatic rings. The SMILES string of the molecule is CCOC(=O)c1c(-c2ccc3c(c2)CCCC3)csc1NC(=O)CCCOc1ccc(OC)cc1. The van der Waals surface area contributed by atoms with E-state index in [-0.39, 0.29) is 18.9 Å². The van der Waals surface area contributed by atoms with E-state index in [2.05, 4.69) is 23.5 Å². The molecule has 2 aromatic carbocycles. The van der Waals surface area contributed by atoms with Gasteiger partial charge in [-0.1, -0.05) is 18.2 Å². The molecule has 0 atom stereocenters. The van der Waals surface area contributed by atoms with Crippen LogP contribution in [-0.2, 0) is 22.4 Å². The lowest BCUT2D eigenvalue weighted by Crippen LogP contribution is -2.15. The summed E-state index contributed by atoms with van der Waals surface area (Å²) in [6.45, 7) is 2.47. The van der Waals surface area contributed by atoms with Crippen LogP contribution in [0, 0.1) is 0 Å². The number of amides is 1. The van der Waals surface area contributed by atoms with Crippen LogP contribution in [0.25, 0.3) is 11.1 Å². The standard InChI is InChI=1S/C28H31NO5S/c1-3-33-28(31)26-24(21-11-10-19-7-4-5-8-20(19)17-21)18-35-27(26)29-25(30)9-6-16-34-23-14-12-22(32-2)13-15-23/h10-15,17-18H,3-9,16H2,1-2H3,(H,29,30). The molecule has 4 rings (SSSR count). The number of rotatable bonds is 10. The third kappa shape index (κ3) is 6.22. The van der Waals surface area contributed by atoms with E-state index in [9.17, 15) is 9.59 Å². The second-order valence-electron chi connectivity index (χ2n) is 8.44. The van der Waals surface area contributed by atoms with Crippen molar-refractivity contribution < 1.29 is 23.8 Å². The van der Waals surface area contributed by atoms with Crippen molar-refractivity contribution in [2.45, 2.75) is 45.4 Å². The highest BCUT2D eigenvalue weighted by Gasteiger charge is 2.23. The Morgan fingerprint density at radius 1 is 1.00 bits per heavy atom. The number of carbonyl (C=O) groups excluding carboxylic acids is 2. The van der Waals surface area contributed by atoms with E-state index in [0.29, 0.717) is 23.6 Å². The first-order valence-electron chi connectivity index (χ1n) is 12.1. The summed E-state index contributed by atoms with van der Waals surface area (Å²) in [5, 5.41) is 5.38. The molecule has 0 radical (unpaired) electrons. The minimum atomic E-state index is -0.417. The monoisotopic (exact) mass is 493 g/mol. The van der Waals surface area contributed by atoms with Gasteiger partial charge in [0.2, 0.25) is 5.91 Å². The van der Waals surface area contributed by atoms with Crippen molar-refractivity contribution in [3.05, 3.63) is 64.5 Å². The van der Waals surface area contributed by atoms with Gasteiger partial charge in [0.15, 0.2) is 0 Å². The van der Waals surface area contributed by atoms with E-state index in [1.165, 1.54) is 35.3 Å². The van der Waals surface area contributed by atoms with Crippen molar-refractivity contribution >= 4 is 28.2 Å². The maximum absolute atomic E-state index is 12.9. The summed E-state index contributed by atoms with van der Waals surface area (Å²) in [6.07, 6.45) is 5.41. The number of hydrogen-bond donors (Lipinski definition) is 1. The van der Waals surface area contributed by atoms with Crippen molar-refractivity contribution in [2.75, 3.05) is 25.6 Å². The molecule has 184 valence electrons. The Balaban J connectivity index is 1.41. The topological polar surface area (TPSA) is 73.9 Å². The van der Waals surface area contributed by atoms with Crippen molar-refractivity contribution in [2.24, 2.45) is 0 Å². The van der Waals surface area contributed by atoms with Gasteiger partial charge in [0.1, 0.15) is 22.1 Å². The largest absolute Gasteiger partial charge is 0.497 e. The molecule has 1 amide bonds. The Labute approximate surface area is 210 Å². The van der Waals surface area contributed by atoms with Crippen LogP contribution in [0.2, 0.25) is 0 Å². The van der Waals surface area contributed by atoms with Crippen molar-refractivity contribution in [1.82, 2.24) is 0 Å². The zero-order valence-electron chi connectivity index (χ0n) is 20.2. The minimum absolute atomic E-state index is 0.160. The molecule has 1 aromatic heterocycles. The Bertz CT molecular complexity index is 1170. The summed E-state index contributed by atoms with van der Waals surface area (Å²) in [5.41, 5.74) is 4.95. The number of carbonyl (C=O) groups is 2. The smallest absolute Gasteiger partial charge is 0.341 e. The third-order valence-electron chi connectivity index (χ3n) is 6.06. The molecule has 7 heteroatoms. The van der Waals surface area contributed by atoms with E-state index < -0.39 is 5.97 Å². The van der Waals surface area contributed by atoms with Gasteiger partial charge < -0.3 is 19.5 Å². The van der Waals surface area contributed by atoms with Crippen molar-refractivity contribution in [3.8, 4) is 22.6 Å². The molecule has 1 heterocycles. The summed E-state index contributed by atoms with van der Waals surface area (Å²) < 4.78 is 16.2.